The predicted molar refractivity (Wildman–Crippen MR) is 162 cm³/mol. The second-order valence-corrected chi connectivity index (χ2v) is 11.3. The van der Waals surface area contributed by atoms with Crippen molar-refractivity contribution in [2.45, 2.75) is 24.2 Å². The molecule has 2 N–H and O–H groups in total. The number of carbonyl (C=O) groups is 1. The largest absolute Gasteiger partial charge is 0.464 e. The molecule has 2 fully saturated rings. The maximum atomic E-state index is 12.2. The number of nitrogens with zero attached hydrogens (tertiary/aromatic N) is 5. The zero-order valence-corrected chi connectivity index (χ0v) is 24.0. The minimum absolute atomic E-state index is 0.201. The van der Waals surface area contributed by atoms with Gasteiger partial charge in [0.15, 0.2) is 11.5 Å². The lowest BCUT2D eigenvalue weighted by molar-refractivity contribution is -0.511. The van der Waals surface area contributed by atoms with Crippen molar-refractivity contribution in [1.82, 2.24) is 19.7 Å². The Morgan fingerprint density at radius 3 is 2.45 bits per heavy atom. The molecule has 5 heterocycles. The van der Waals surface area contributed by atoms with Gasteiger partial charge in [-0.2, -0.15) is 0 Å². The van der Waals surface area contributed by atoms with E-state index in [0.29, 0.717) is 31.9 Å². The van der Waals surface area contributed by atoms with Crippen molar-refractivity contribution in [3.05, 3.63) is 109 Å². The van der Waals surface area contributed by atoms with E-state index in [0.717, 1.165) is 44.5 Å². The number of benzene rings is 2. The molecular weight excluding hydrogens is 556 g/mol. The van der Waals surface area contributed by atoms with E-state index < -0.39 is 17.3 Å². The Balaban J connectivity index is 1.26. The maximum Gasteiger partial charge on any atom is 0.356 e. The van der Waals surface area contributed by atoms with Gasteiger partial charge in [0.2, 0.25) is 5.82 Å². The van der Waals surface area contributed by atoms with Gasteiger partial charge in [0, 0.05) is 35.1 Å². The molecule has 10 heteroatoms. The summed E-state index contributed by atoms with van der Waals surface area (Å²) in [4.78, 5) is 21.9. The summed E-state index contributed by atoms with van der Waals surface area (Å²) in [6.07, 6.45) is 4.92. The molecule has 4 aromatic heterocycles. The predicted octanol–water partition coefficient (Wildman–Crippen LogP) is 4.37. The first-order chi connectivity index (χ1) is 21.5. The summed E-state index contributed by atoms with van der Waals surface area (Å²) >= 11 is 0. The molecule has 6 aromatic rings. The van der Waals surface area contributed by atoms with Crippen molar-refractivity contribution in [3.63, 3.8) is 0 Å². The molecule has 0 amide bonds. The Morgan fingerprint density at radius 1 is 0.932 bits per heavy atom. The minimum atomic E-state index is -0.528. The van der Waals surface area contributed by atoms with Gasteiger partial charge in [0.25, 0.3) is 12.0 Å². The molecule has 0 unspecified atom stereocenters. The van der Waals surface area contributed by atoms with Crippen molar-refractivity contribution in [1.29, 1.82) is 0 Å². The summed E-state index contributed by atoms with van der Waals surface area (Å²) in [6, 6.07) is 27.9. The number of nitrogens with two attached hydrogens (primary N) is 1. The van der Waals surface area contributed by atoms with Gasteiger partial charge in [-0.05, 0) is 29.3 Å². The summed E-state index contributed by atoms with van der Waals surface area (Å²) in [5.41, 5.74) is 13.0. The van der Waals surface area contributed by atoms with Crippen LogP contribution in [-0.2, 0) is 19.7 Å². The van der Waals surface area contributed by atoms with Crippen molar-refractivity contribution in [2.75, 3.05) is 20.3 Å². The first-order valence-electron chi connectivity index (χ1n) is 14.5. The number of hydrogen-bond acceptors (Lipinski definition) is 8. The SMILES string of the molecule is COC(=O)c1cccc(-n2nc[n+]3ccc4nc(-c5ccc(C6(N)CC7(C6)OCCO7)cc5)c(-c5ccccc5)cc4c23)n1. The molecule has 1 spiro atoms. The first-order valence-corrected chi connectivity index (χ1v) is 14.5. The number of hydrogen-bond donors (Lipinski definition) is 1. The third-order valence-corrected chi connectivity index (χ3v) is 8.57. The number of methoxy groups -OCH3 is 1. The molecule has 2 aromatic carbocycles. The van der Waals surface area contributed by atoms with Crippen LogP contribution in [0.1, 0.15) is 28.9 Å². The van der Waals surface area contributed by atoms with Gasteiger partial charge in [0.1, 0.15) is 0 Å². The lowest BCUT2D eigenvalue weighted by Gasteiger charge is -2.50. The number of fused-ring (bicyclic) bond motifs is 3. The van der Waals surface area contributed by atoms with Gasteiger partial charge >= 0.3 is 5.97 Å². The average molecular weight is 586 g/mol. The van der Waals surface area contributed by atoms with Crippen molar-refractivity contribution < 1.29 is 23.4 Å². The number of rotatable bonds is 5. The number of carbonyl (C=O) groups excluding carboxylic acids is 1. The summed E-state index contributed by atoms with van der Waals surface area (Å²) in [7, 11) is 1.34. The monoisotopic (exact) mass is 585 g/mol. The number of pyridine rings is 3. The van der Waals surface area contributed by atoms with Crippen LogP contribution in [-0.4, -0.2) is 51.8 Å². The van der Waals surface area contributed by atoms with Gasteiger partial charge in [0.05, 0.1) is 48.7 Å². The zero-order valence-electron chi connectivity index (χ0n) is 24.0. The van der Waals surface area contributed by atoms with Crippen molar-refractivity contribution in [2.24, 2.45) is 5.73 Å². The highest BCUT2D eigenvalue weighted by Gasteiger charge is 2.57. The Hall–Kier alpha value is -5.03. The Kier molecular flexibility index (Phi) is 6.05. The van der Waals surface area contributed by atoms with Gasteiger partial charge in [-0.3, -0.25) is 0 Å². The molecule has 1 aliphatic heterocycles. The summed E-state index contributed by atoms with van der Waals surface area (Å²) in [6.45, 7) is 1.24. The molecule has 2 aliphatic rings. The smallest absolute Gasteiger partial charge is 0.356 e. The molecular formula is C34H29N6O4+. The molecule has 0 radical (unpaired) electrons. The highest BCUT2D eigenvalue weighted by atomic mass is 16.7. The molecule has 44 heavy (non-hydrogen) atoms. The van der Waals surface area contributed by atoms with E-state index in [1.165, 1.54) is 7.11 Å². The van der Waals surface area contributed by atoms with Crippen LogP contribution in [0.5, 0.6) is 0 Å². The van der Waals surface area contributed by atoms with Crippen LogP contribution in [0.3, 0.4) is 0 Å². The van der Waals surface area contributed by atoms with Crippen LogP contribution in [0.2, 0.25) is 0 Å². The molecule has 10 nitrogen and oxygen atoms in total. The van der Waals surface area contributed by atoms with Crippen LogP contribution in [0.15, 0.2) is 97.5 Å². The standard InChI is InChI=1S/C34H29N6O4/c1-42-32(41)28-8-5-9-29(37-28)40-31-26-18-25(22-6-3-2-4-7-22)30(38-27(26)14-15-39(31)21-36-40)23-10-12-24(13-11-23)33(35)19-34(20-33)43-16-17-44-34/h2-15,18,21H,16-17,19-20,35H2,1H3/q+1. The maximum absolute atomic E-state index is 12.2. The van der Waals surface area contributed by atoms with Crippen molar-refractivity contribution in [3.8, 4) is 28.2 Å². The number of ether oxygens (including phenoxy) is 3. The van der Waals surface area contributed by atoms with E-state index in [-0.39, 0.29) is 5.69 Å². The third kappa shape index (κ3) is 4.26. The van der Waals surface area contributed by atoms with E-state index in [4.69, 9.17) is 24.9 Å². The quantitative estimate of drug-likeness (QED) is 0.234. The van der Waals surface area contributed by atoms with Crippen LogP contribution in [0.25, 0.3) is 44.8 Å². The number of esters is 1. The normalized spacial score (nSPS) is 16.8. The van der Waals surface area contributed by atoms with E-state index in [2.05, 4.69) is 52.5 Å². The summed E-state index contributed by atoms with van der Waals surface area (Å²) in [5, 5.41) is 5.49. The topological polar surface area (TPSA) is 118 Å². The average Bonchev–Trinajstić information content (AvgIpc) is 3.72. The van der Waals surface area contributed by atoms with Crippen LogP contribution in [0, 0.1) is 0 Å². The van der Waals surface area contributed by atoms with E-state index >= 15 is 0 Å². The molecule has 1 aliphatic carbocycles. The molecule has 218 valence electrons. The molecule has 1 saturated carbocycles. The molecule has 1 saturated heterocycles. The van der Waals surface area contributed by atoms with Crippen LogP contribution in [0.4, 0.5) is 0 Å². The lowest BCUT2D eigenvalue weighted by atomic mass is 9.68. The van der Waals surface area contributed by atoms with Crippen LogP contribution >= 0.6 is 0 Å². The van der Waals surface area contributed by atoms with Gasteiger partial charge in [-0.25, -0.2) is 19.2 Å². The molecule has 0 bridgehead atoms. The fourth-order valence-corrected chi connectivity index (χ4v) is 6.43. The lowest BCUT2D eigenvalue weighted by Crippen LogP contribution is -2.60. The second-order valence-electron chi connectivity index (χ2n) is 11.3. The molecule has 8 rings (SSSR count). The highest BCUT2D eigenvalue weighted by Crippen LogP contribution is 2.51. The van der Waals surface area contributed by atoms with Gasteiger partial charge in [-0.1, -0.05) is 65.3 Å². The van der Waals surface area contributed by atoms with E-state index in [1.54, 1.807) is 29.2 Å². The van der Waals surface area contributed by atoms with E-state index in [1.807, 2.05) is 34.9 Å². The Labute approximate surface area is 252 Å². The summed E-state index contributed by atoms with van der Waals surface area (Å²) in [5.74, 6) is -0.549. The number of aromatic nitrogens is 5. The van der Waals surface area contributed by atoms with Crippen molar-refractivity contribution >= 4 is 22.5 Å². The first kappa shape index (κ1) is 26.6. The van der Waals surface area contributed by atoms with E-state index in [9.17, 15) is 4.79 Å². The summed E-state index contributed by atoms with van der Waals surface area (Å²) < 4.78 is 20.2. The van der Waals surface area contributed by atoms with Gasteiger partial charge < -0.3 is 19.9 Å². The van der Waals surface area contributed by atoms with Crippen LogP contribution < -0.4 is 10.1 Å². The third-order valence-electron chi connectivity index (χ3n) is 8.57. The fourth-order valence-electron chi connectivity index (χ4n) is 6.43. The van der Waals surface area contributed by atoms with Gasteiger partial charge in [-0.15, -0.1) is 0 Å². The Bertz CT molecular complexity index is 2040. The minimum Gasteiger partial charge on any atom is -0.464 e. The fraction of sp³-hybridized carbons (Fsp3) is 0.206. The molecule has 0 atom stereocenters. The second kappa shape index (κ2) is 10.0. The Morgan fingerprint density at radius 2 is 1.70 bits per heavy atom. The zero-order chi connectivity index (χ0) is 29.9. The highest BCUT2D eigenvalue weighted by molar-refractivity contribution is 5.97.